The number of rotatable bonds is 8. The molecular formula is C19H26IN5O2S. The number of thiazole rings is 1. The van der Waals surface area contributed by atoms with E-state index in [0.717, 1.165) is 52.2 Å². The molecule has 0 spiro atoms. The quantitative estimate of drug-likeness (QED) is 0.232. The first kappa shape index (κ1) is 21.4. The molecule has 152 valence electrons. The fraction of sp³-hybridized carbons (Fsp3) is 0.526. The number of aromatic nitrogens is 4. The summed E-state index contributed by atoms with van der Waals surface area (Å²) in [5.41, 5.74) is 2.08. The van der Waals surface area contributed by atoms with E-state index in [-0.39, 0.29) is 6.04 Å². The molecule has 28 heavy (non-hydrogen) atoms. The van der Waals surface area contributed by atoms with Crippen molar-refractivity contribution in [3.05, 3.63) is 39.7 Å². The van der Waals surface area contributed by atoms with Gasteiger partial charge in [-0.3, -0.25) is 4.90 Å². The van der Waals surface area contributed by atoms with Gasteiger partial charge in [-0.05, 0) is 13.8 Å². The molecule has 0 saturated carbocycles. The zero-order chi connectivity index (χ0) is 20.1. The first-order valence-electron chi connectivity index (χ1n) is 9.16. The summed E-state index contributed by atoms with van der Waals surface area (Å²) < 4.78 is 13.8. The van der Waals surface area contributed by atoms with Crippen LogP contribution in [0.5, 0.6) is 0 Å². The Balaban J connectivity index is 1.82. The molecule has 9 heteroatoms. The van der Waals surface area contributed by atoms with Crippen LogP contribution in [-0.2, 0) is 16.0 Å². The molecule has 0 radical (unpaired) electrons. The molecule has 1 aliphatic rings. The van der Waals surface area contributed by atoms with Crippen LogP contribution in [0.25, 0.3) is 11.5 Å². The van der Waals surface area contributed by atoms with Crippen molar-refractivity contribution in [3.8, 4) is 11.5 Å². The van der Waals surface area contributed by atoms with Gasteiger partial charge in [-0.2, -0.15) is 0 Å². The van der Waals surface area contributed by atoms with Gasteiger partial charge in [0, 0.05) is 37.7 Å². The number of fused-ring (bicyclic) bond motifs is 1. The monoisotopic (exact) mass is 515 g/mol. The number of ether oxygens (including phenoxy) is 2. The van der Waals surface area contributed by atoms with Crippen LogP contribution in [0.1, 0.15) is 23.8 Å². The van der Waals surface area contributed by atoms with E-state index >= 15 is 0 Å². The highest BCUT2D eigenvalue weighted by Crippen LogP contribution is 2.30. The second kappa shape index (κ2) is 9.95. The van der Waals surface area contributed by atoms with Crippen molar-refractivity contribution in [2.75, 3.05) is 38.3 Å². The van der Waals surface area contributed by atoms with Gasteiger partial charge in [0.1, 0.15) is 11.5 Å². The average Bonchev–Trinajstić information content (AvgIpc) is 3.31. The summed E-state index contributed by atoms with van der Waals surface area (Å²) in [4.78, 5) is 6.99. The molecule has 3 rings (SSSR count). The zero-order valence-electron chi connectivity index (χ0n) is 16.7. The van der Waals surface area contributed by atoms with Gasteiger partial charge in [-0.25, -0.2) is 4.98 Å². The van der Waals surface area contributed by atoms with E-state index in [4.69, 9.17) is 9.47 Å². The van der Waals surface area contributed by atoms with E-state index in [2.05, 4.69) is 65.6 Å². The van der Waals surface area contributed by atoms with Crippen LogP contribution in [0.4, 0.5) is 0 Å². The number of halogens is 1. The minimum atomic E-state index is 0.160. The van der Waals surface area contributed by atoms with Gasteiger partial charge in [0.25, 0.3) is 0 Å². The van der Waals surface area contributed by atoms with Crippen molar-refractivity contribution in [2.24, 2.45) is 0 Å². The predicted molar refractivity (Wildman–Crippen MR) is 120 cm³/mol. The number of aryl methyl sites for hydroxylation is 1. The molecule has 0 bridgehead atoms. The van der Waals surface area contributed by atoms with Crippen molar-refractivity contribution < 1.29 is 9.47 Å². The minimum Gasteiger partial charge on any atom is -0.500 e. The Labute approximate surface area is 183 Å². The van der Waals surface area contributed by atoms with Gasteiger partial charge in [-0.1, -0.05) is 34.7 Å². The Bertz CT molecular complexity index is 854. The van der Waals surface area contributed by atoms with Crippen LogP contribution in [0.2, 0.25) is 0 Å². The zero-order valence-corrected chi connectivity index (χ0v) is 19.7. The molecule has 0 unspecified atom stereocenters. The Kier molecular flexibility index (Phi) is 7.61. The lowest BCUT2D eigenvalue weighted by molar-refractivity contribution is 0.177. The highest BCUT2D eigenvalue weighted by molar-refractivity contribution is 14.1. The summed E-state index contributed by atoms with van der Waals surface area (Å²) in [7, 11) is 3.43. The lowest BCUT2D eigenvalue weighted by Gasteiger charge is -2.34. The Morgan fingerprint density at radius 1 is 1.36 bits per heavy atom. The first-order valence-corrected chi connectivity index (χ1v) is 11.6. The van der Waals surface area contributed by atoms with Crippen LogP contribution in [0, 0.1) is 6.92 Å². The van der Waals surface area contributed by atoms with Crippen LogP contribution >= 0.6 is 33.9 Å². The summed E-state index contributed by atoms with van der Waals surface area (Å²) in [6.07, 6.45) is 4.14. The molecule has 0 fully saturated rings. The summed E-state index contributed by atoms with van der Waals surface area (Å²) in [6, 6.07) is 0.160. The number of allylic oxidation sites excluding steroid dienone is 1. The molecule has 1 atom stereocenters. The molecule has 3 heterocycles. The third-order valence-corrected chi connectivity index (χ3v) is 6.31. The van der Waals surface area contributed by atoms with Crippen LogP contribution in [0.15, 0.2) is 28.9 Å². The number of methoxy groups -OCH3 is 2. The highest BCUT2D eigenvalue weighted by atomic mass is 127. The Hall–Kier alpha value is -1.30. The van der Waals surface area contributed by atoms with Crippen LogP contribution in [0.3, 0.4) is 0 Å². The predicted octanol–water partition coefficient (Wildman–Crippen LogP) is 3.62. The molecule has 0 aromatic carbocycles. The van der Waals surface area contributed by atoms with Crippen LogP contribution in [-0.4, -0.2) is 63.0 Å². The van der Waals surface area contributed by atoms with E-state index in [0.29, 0.717) is 6.61 Å². The lowest BCUT2D eigenvalue weighted by atomic mass is 10.1. The molecular weight excluding hydrogens is 489 g/mol. The molecule has 1 aliphatic heterocycles. The van der Waals surface area contributed by atoms with E-state index in [1.807, 2.05) is 13.0 Å². The maximum atomic E-state index is 5.62. The number of hydrogen-bond acceptors (Lipinski definition) is 7. The van der Waals surface area contributed by atoms with Gasteiger partial charge in [0.05, 0.1) is 29.2 Å². The maximum absolute atomic E-state index is 5.62. The molecule has 2 aromatic rings. The van der Waals surface area contributed by atoms with Gasteiger partial charge in [0.15, 0.2) is 11.6 Å². The number of nitrogens with zero attached hydrogens (tertiary/aromatic N) is 5. The third kappa shape index (κ3) is 4.64. The molecule has 7 nitrogen and oxygen atoms in total. The smallest absolute Gasteiger partial charge is 0.183 e. The van der Waals surface area contributed by atoms with Crippen molar-refractivity contribution >= 4 is 33.9 Å². The van der Waals surface area contributed by atoms with Crippen molar-refractivity contribution in [2.45, 2.75) is 26.4 Å². The summed E-state index contributed by atoms with van der Waals surface area (Å²) in [5, 5.41) is 12.0. The largest absolute Gasteiger partial charge is 0.500 e. The number of alkyl halides is 1. The number of hydrogen-bond donors (Lipinski definition) is 0. The van der Waals surface area contributed by atoms with Crippen molar-refractivity contribution in [1.82, 2.24) is 24.6 Å². The maximum Gasteiger partial charge on any atom is 0.183 e. The van der Waals surface area contributed by atoms with Crippen molar-refractivity contribution in [1.29, 1.82) is 0 Å². The topological polar surface area (TPSA) is 65.3 Å². The molecule has 2 aromatic heterocycles. The van der Waals surface area contributed by atoms with E-state index in [1.165, 1.54) is 5.57 Å². The van der Waals surface area contributed by atoms with E-state index in [1.54, 1.807) is 25.6 Å². The Morgan fingerprint density at radius 3 is 2.82 bits per heavy atom. The van der Waals surface area contributed by atoms with Crippen LogP contribution < -0.4 is 0 Å². The Morgan fingerprint density at radius 2 is 2.18 bits per heavy atom. The average molecular weight is 515 g/mol. The normalized spacial score (nSPS) is 18.4. The molecule has 0 saturated heterocycles. The van der Waals surface area contributed by atoms with Crippen molar-refractivity contribution in [3.63, 3.8) is 0 Å². The van der Waals surface area contributed by atoms with E-state index < -0.39 is 0 Å². The molecule has 0 aliphatic carbocycles. The first-order chi connectivity index (χ1) is 13.6. The van der Waals surface area contributed by atoms with Gasteiger partial charge < -0.3 is 14.0 Å². The second-order valence-corrected chi connectivity index (χ2v) is 8.40. The van der Waals surface area contributed by atoms with E-state index in [9.17, 15) is 0 Å². The second-order valence-electron chi connectivity index (χ2n) is 6.58. The van der Waals surface area contributed by atoms with Gasteiger partial charge in [0.2, 0.25) is 0 Å². The van der Waals surface area contributed by atoms with Gasteiger partial charge in [-0.15, -0.1) is 21.5 Å². The van der Waals surface area contributed by atoms with Gasteiger partial charge >= 0.3 is 0 Å². The fourth-order valence-corrected chi connectivity index (χ4v) is 4.70. The molecule has 0 amide bonds. The minimum absolute atomic E-state index is 0.160. The highest BCUT2D eigenvalue weighted by Gasteiger charge is 2.29. The summed E-state index contributed by atoms with van der Waals surface area (Å²) in [5.74, 6) is 2.85. The standard InChI is InChI=1S/C19H26IN5O2S/c1-13-18-22-23-19(16-12-28-14(2)21-16)25(18)8-7-24(13)11-15(6-5-9-26-3)17(10-20)27-4/h5-6,12-13H,7-11H2,1-4H3/b6-5-,17-15-/t13-/m0/s1. The summed E-state index contributed by atoms with van der Waals surface area (Å²) in [6.45, 7) is 7.34. The fourth-order valence-electron chi connectivity index (χ4n) is 3.31. The lowest BCUT2D eigenvalue weighted by Crippen LogP contribution is -2.38. The SMILES string of the molecule is COC/C=C\C(CN1CCn2c(-c3csc(C)n3)nnc2[C@@H]1C)=C(/CI)OC. The molecule has 0 N–H and O–H groups in total. The summed E-state index contributed by atoms with van der Waals surface area (Å²) >= 11 is 3.98. The third-order valence-electron chi connectivity index (χ3n) is 4.84.